The number of halogens is 2. The summed E-state index contributed by atoms with van der Waals surface area (Å²) in [6.45, 7) is 4.00. The molecule has 0 N–H and O–H groups in total. The number of benzene rings is 2. The molecule has 0 aliphatic rings. The maximum atomic E-state index is 9.48. The van der Waals surface area contributed by atoms with E-state index in [1.165, 1.54) is 0 Å². The van der Waals surface area contributed by atoms with Crippen molar-refractivity contribution in [3.05, 3.63) is 57.6 Å². The maximum absolute atomic E-state index is 9.48. The molecule has 0 spiro atoms. The molecule has 2 rings (SSSR count). The molecule has 2 aromatic carbocycles. The van der Waals surface area contributed by atoms with Gasteiger partial charge in [0.25, 0.3) is 0 Å². The van der Waals surface area contributed by atoms with Gasteiger partial charge in [-0.2, -0.15) is 5.26 Å². The van der Waals surface area contributed by atoms with E-state index in [1.54, 1.807) is 43.5 Å². The van der Waals surface area contributed by atoms with Gasteiger partial charge in [-0.25, -0.2) is 0 Å². The smallest absolute Gasteiger partial charge is 0.180 e. The van der Waals surface area contributed by atoms with Gasteiger partial charge in [0.2, 0.25) is 0 Å². The van der Waals surface area contributed by atoms with Crippen molar-refractivity contribution >= 4 is 34.9 Å². The Bertz CT molecular complexity index is 825. The minimum Gasteiger partial charge on any atom is -0.493 e. The maximum Gasteiger partial charge on any atom is 0.180 e. The summed E-state index contributed by atoms with van der Waals surface area (Å²) in [5, 5.41) is 10.5. The van der Waals surface area contributed by atoms with Crippen molar-refractivity contribution in [2.45, 2.75) is 26.4 Å². The number of methoxy groups -OCH3 is 1. The first kappa shape index (κ1) is 19.2. The van der Waals surface area contributed by atoms with Gasteiger partial charge >= 0.3 is 0 Å². The number of hydrogen-bond donors (Lipinski definition) is 0. The van der Waals surface area contributed by atoms with Gasteiger partial charge in [-0.3, -0.25) is 0 Å². The normalized spacial score (nSPS) is 12.4. The molecule has 0 bridgehead atoms. The quantitative estimate of drug-likeness (QED) is 0.442. The summed E-state index contributed by atoms with van der Waals surface area (Å²) in [6, 6.07) is 12.9. The third kappa shape index (κ3) is 4.92. The zero-order valence-corrected chi connectivity index (χ0v) is 15.9. The fourth-order valence-corrected chi connectivity index (χ4v) is 2.68. The first-order valence-electron chi connectivity index (χ1n) is 7.90. The Morgan fingerprint density at radius 1 is 1.28 bits per heavy atom. The van der Waals surface area contributed by atoms with Crippen LogP contribution in [0.4, 0.5) is 0 Å². The van der Waals surface area contributed by atoms with Crippen molar-refractivity contribution in [1.29, 1.82) is 5.26 Å². The van der Waals surface area contributed by atoms with E-state index in [0.29, 0.717) is 27.1 Å². The molecule has 1 atom stereocenters. The fourth-order valence-electron chi connectivity index (χ4n) is 2.22. The van der Waals surface area contributed by atoms with E-state index >= 15 is 0 Å². The lowest BCUT2D eigenvalue weighted by atomic mass is 10.0. The van der Waals surface area contributed by atoms with Crippen molar-refractivity contribution in [3.63, 3.8) is 0 Å². The number of ether oxygens (including phenoxy) is 2. The van der Waals surface area contributed by atoms with Gasteiger partial charge < -0.3 is 9.47 Å². The largest absolute Gasteiger partial charge is 0.493 e. The Morgan fingerprint density at radius 2 is 2.04 bits per heavy atom. The van der Waals surface area contributed by atoms with E-state index in [1.807, 2.05) is 19.9 Å². The van der Waals surface area contributed by atoms with E-state index in [4.69, 9.17) is 32.7 Å². The average Bonchev–Trinajstić information content (AvgIpc) is 2.61. The second kappa shape index (κ2) is 8.80. The molecule has 0 unspecified atom stereocenters. The van der Waals surface area contributed by atoms with Crippen LogP contribution in [-0.2, 0) is 0 Å². The van der Waals surface area contributed by atoms with Crippen LogP contribution in [0.25, 0.3) is 11.6 Å². The van der Waals surface area contributed by atoms with Crippen LogP contribution in [0, 0.1) is 11.3 Å². The highest BCUT2D eigenvalue weighted by molar-refractivity contribution is 6.32. The third-order valence-electron chi connectivity index (χ3n) is 3.71. The molecule has 0 saturated carbocycles. The zero-order chi connectivity index (χ0) is 18.4. The number of nitriles is 1. The Labute approximate surface area is 158 Å². The standard InChI is InChI=1S/C20H19Cl2NO2/c1-4-13(2)25-20-18(22)9-14(10-19(20)24-3)8-16(12-23)15-6-5-7-17(21)11-15/h5-11,13H,4H2,1-3H3/b16-8-/t13-/m0/s1. The Morgan fingerprint density at radius 3 is 2.64 bits per heavy atom. The minimum atomic E-state index is 0.0222. The second-order valence-electron chi connectivity index (χ2n) is 5.55. The summed E-state index contributed by atoms with van der Waals surface area (Å²) >= 11 is 12.4. The van der Waals surface area contributed by atoms with Gasteiger partial charge in [-0.05, 0) is 54.8 Å². The minimum absolute atomic E-state index is 0.0222. The van der Waals surface area contributed by atoms with Crippen molar-refractivity contribution in [3.8, 4) is 17.6 Å². The van der Waals surface area contributed by atoms with E-state index in [2.05, 4.69) is 6.07 Å². The Kier molecular flexibility index (Phi) is 6.75. The van der Waals surface area contributed by atoms with E-state index in [-0.39, 0.29) is 6.10 Å². The summed E-state index contributed by atoms with van der Waals surface area (Å²) in [6.07, 6.45) is 2.62. The van der Waals surface area contributed by atoms with Crippen molar-refractivity contribution in [2.24, 2.45) is 0 Å². The summed E-state index contributed by atoms with van der Waals surface area (Å²) in [4.78, 5) is 0. The zero-order valence-electron chi connectivity index (χ0n) is 14.3. The van der Waals surface area contributed by atoms with E-state index in [0.717, 1.165) is 17.5 Å². The number of hydrogen-bond acceptors (Lipinski definition) is 3. The van der Waals surface area contributed by atoms with Crippen molar-refractivity contribution in [2.75, 3.05) is 7.11 Å². The van der Waals surface area contributed by atoms with Crippen LogP contribution in [0.15, 0.2) is 36.4 Å². The van der Waals surface area contributed by atoms with Gasteiger partial charge in [-0.15, -0.1) is 0 Å². The molecule has 0 aliphatic heterocycles. The summed E-state index contributed by atoms with van der Waals surface area (Å²) in [7, 11) is 1.56. The SMILES string of the molecule is CC[C@H](C)Oc1c(Cl)cc(/C=C(/C#N)c2cccc(Cl)c2)cc1OC. The summed E-state index contributed by atoms with van der Waals surface area (Å²) in [5.41, 5.74) is 1.97. The number of allylic oxidation sites excluding steroid dienone is 1. The van der Waals surface area contributed by atoms with Crippen LogP contribution in [0.3, 0.4) is 0 Å². The molecule has 2 aromatic rings. The molecule has 0 fully saturated rings. The van der Waals surface area contributed by atoms with E-state index in [9.17, 15) is 5.26 Å². The highest BCUT2D eigenvalue weighted by Gasteiger charge is 2.14. The summed E-state index contributed by atoms with van der Waals surface area (Å²) in [5.74, 6) is 1.04. The van der Waals surface area contributed by atoms with Crippen LogP contribution >= 0.6 is 23.2 Å². The van der Waals surface area contributed by atoms with Gasteiger partial charge in [-0.1, -0.05) is 42.3 Å². The molecule has 130 valence electrons. The Balaban J connectivity index is 2.45. The Hall–Kier alpha value is -2.15. The fraction of sp³-hybridized carbons (Fsp3) is 0.250. The van der Waals surface area contributed by atoms with Crippen LogP contribution in [0.2, 0.25) is 10.0 Å². The van der Waals surface area contributed by atoms with Crippen LogP contribution in [0.5, 0.6) is 11.5 Å². The molecule has 0 saturated heterocycles. The first-order valence-corrected chi connectivity index (χ1v) is 8.66. The van der Waals surface area contributed by atoms with Gasteiger partial charge in [0.15, 0.2) is 11.5 Å². The van der Waals surface area contributed by atoms with Crippen LogP contribution in [-0.4, -0.2) is 13.2 Å². The molecule has 0 radical (unpaired) electrons. The topological polar surface area (TPSA) is 42.2 Å². The van der Waals surface area contributed by atoms with E-state index < -0.39 is 0 Å². The molecule has 25 heavy (non-hydrogen) atoms. The molecular weight excluding hydrogens is 357 g/mol. The van der Waals surface area contributed by atoms with Gasteiger partial charge in [0, 0.05) is 5.02 Å². The van der Waals surface area contributed by atoms with Crippen molar-refractivity contribution < 1.29 is 9.47 Å². The molecule has 0 aliphatic carbocycles. The predicted octanol–water partition coefficient (Wildman–Crippen LogP) is 6.24. The lowest BCUT2D eigenvalue weighted by molar-refractivity contribution is 0.208. The highest BCUT2D eigenvalue weighted by atomic mass is 35.5. The van der Waals surface area contributed by atoms with Crippen molar-refractivity contribution in [1.82, 2.24) is 0 Å². The molecule has 3 nitrogen and oxygen atoms in total. The average molecular weight is 376 g/mol. The lowest BCUT2D eigenvalue weighted by Gasteiger charge is -2.17. The molecule has 0 heterocycles. The van der Waals surface area contributed by atoms with Crippen LogP contribution < -0.4 is 9.47 Å². The predicted molar refractivity (Wildman–Crippen MR) is 103 cm³/mol. The third-order valence-corrected chi connectivity index (χ3v) is 4.23. The highest BCUT2D eigenvalue weighted by Crippen LogP contribution is 2.38. The van der Waals surface area contributed by atoms with Gasteiger partial charge in [0.05, 0.1) is 29.9 Å². The second-order valence-corrected chi connectivity index (χ2v) is 6.39. The molecule has 0 amide bonds. The first-order chi connectivity index (χ1) is 12.0. The number of rotatable bonds is 6. The van der Waals surface area contributed by atoms with Crippen LogP contribution in [0.1, 0.15) is 31.4 Å². The molecular formula is C20H19Cl2NO2. The molecule has 5 heteroatoms. The number of nitrogens with zero attached hydrogens (tertiary/aromatic N) is 1. The lowest BCUT2D eigenvalue weighted by Crippen LogP contribution is -2.11. The monoisotopic (exact) mass is 375 g/mol. The van der Waals surface area contributed by atoms with Gasteiger partial charge in [0.1, 0.15) is 0 Å². The molecule has 0 aromatic heterocycles. The summed E-state index contributed by atoms with van der Waals surface area (Å²) < 4.78 is 11.3.